The second-order valence-corrected chi connectivity index (χ2v) is 7.69. The van der Waals surface area contributed by atoms with Crippen molar-refractivity contribution in [3.05, 3.63) is 89.2 Å². The number of nitrogens with one attached hydrogen (secondary N) is 1. The fourth-order valence-electron chi connectivity index (χ4n) is 3.32. The summed E-state index contributed by atoms with van der Waals surface area (Å²) < 4.78 is 13.3. The molecule has 7 nitrogen and oxygen atoms in total. The highest BCUT2D eigenvalue weighted by Gasteiger charge is 2.13. The third kappa shape index (κ3) is 5.32. The van der Waals surface area contributed by atoms with Gasteiger partial charge in [-0.05, 0) is 55.0 Å². The van der Waals surface area contributed by atoms with Gasteiger partial charge in [-0.25, -0.2) is 0 Å². The number of rotatable bonds is 8. The van der Waals surface area contributed by atoms with Crippen LogP contribution < -0.4 is 14.8 Å². The number of hydrogen-bond acceptors (Lipinski definition) is 5. The first-order valence-corrected chi connectivity index (χ1v) is 10.8. The van der Waals surface area contributed by atoms with Crippen molar-refractivity contribution in [3.8, 4) is 22.9 Å². The molecule has 0 aliphatic rings. The van der Waals surface area contributed by atoms with Gasteiger partial charge in [0.2, 0.25) is 0 Å². The van der Waals surface area contributed by atoms with Gasteiger partial charge in [0.25, 0.3) is 5.91 Å². The second kappa shape index (κ2) is 10.2. The van der Waals surface area contributed by atoms with Crippen molar-refractivity contribution in [1.82, 2.24) is 14.8 Å². The summed E-state index contributed by atoms with van der Waals surface area (Å²) in [7, 11) is 1.54. The Morgan fingerprint density at radius 3 is 2.64 bits per heavy atom. The minimum Gasteiger partial charge on any atom is -0.493 e. The number of anilines is 1. The van der Waals surface area contributed by atoms with E-state index < -0.39 is 0 Å². The molecule has 0 bridgehead atoms. The van der Waals surface area contributed by atoms with E-state index in [0.29, 0.717) is 34.4 Å². The Morgan fingerprint density at radius 1 is 1.06 bits per heavy atom. The second-order valence-electron chi connectivity index (χ2n) is 7.26. The molecule has 168 valence electrons. The topological polar surface area (TPSA) is 78.3 Å². The lowest BCUT2D eigenvalue weighted by Crippen LogP contribution is -2.12. The van der Waals surface area contributed by atoms with Crippen molar-refractivity contribution in [1.29, 1.82) is 0 Å². The summed E-state index contributed by atoms with van der Waals surface area (Å²) in [5.74, 6) is 1.51. The Bertz CT molecular complexity index is 1250. The van der Waals surface area contributed by atoms with Crippen molar-refractivity contribution in [2.24, 2.45) is 0 Å². The Kier molecular flexibility index (Phi) is 6.90. The standard InChI is InChI=1S/C25H23ClN4O3/c1-3-30-16-27-29-24(30)18-5-4-6-21(13-18)28-25(31)19-9-12-22(23(14-19)32-2)33-15-17-7-10-20(26)11-8-17/h4-14,16H,3,15H2,1-2H3,(H,28,31). The molecule has 1 heterocycles. The van der Waals surface area contributed by atoms with Crippen LogP contribution in [0.1, 0.15) is 22.8 Å². The van der Waals surface area contributed by atoms with Crippen molar-refractivity contribution in [2.75, 3.05) is 12.4 Å². The minimum atomic E-state index is -0.258. The maximum absolute atomic E-state index is 12.9. The largest absolute Gasteiger partial charge is 0.493 e. The molecular formula is C25H23ClN4O3. The number of benzene rings is 3. The van der Waals surface area contributed by atoms with E-state index in [1.807, 2.05) is 60.0 Å². The molecule has 0 atom stereocenters. The molecule has 0 saturated carbocycles. The molecule has 1 N–H and O–H groups in total. The van der Waals surface area contributed by atoms with Gasteiger partial charge < -0.3 is 19.4 Å². The molecular weight excluding hydrogens is 440 g/mol. The summed E-state index contributed by atoms with van der Waals surface area (Å²) in [4.78, 5) is 12.9. The number of aromatic nitrogens is 3. The fraction of sp³-hybridized carbons (Fsp3) is 0.160. The Morgan fingerprint density at radius 2 is 1.88 bits per heavy atom. The van der Waals surface area contributed by atoms with Crippen LogP contribution in [0.4, 0.5) is 5.69 Å². The number of ether oxygens (including phenoxy) is 2. The number of amides is 1. The number of carbonyl (C=O) groups is 1. The fourth-order valence-corrected chi connectivity index (χ4v) is 3.45. The van der Waals surface area contributed by atoms with Crippen molar-refractivity contribution in [3.63, 3.8) is 0 Å². The first-order valence-electron chi connectivity index (χ1n) is 10.4. The van der Waals surface area contributed by atoms with Crippen LogP contribution in [0.3, 0.4) is 0 Å². The van der Waals surface area contributed by atoms with Gasteiger partial charge in [0.15, 0.2) is 17.3 Å². The van der Waals surface area contributed by atoms with Gasteiger partial charge in [0, 0.05) is 28.4 Å². The summed E-state index contributed by atoms with van der Waals surface area (Å²) in [6.07, 6.45) is 1.68. The zero-order valence-electron chi connectivity index (χ0n) is 18.3. The molecule has 8 heteroatoms. The van der Waals surface area contributed by atoms with Gasteiger partial charge in [0.1, 0.15) is 12.9 Å². The van der Waals surface area contributed by atoms with Crippen LogP contribution in [0.15, 0.2) is 73.1 Å². The summed E-state index contributed by atoms with van der Waals surface area (Å²) in [5.41, 5.74) is 2.95. The van der Waals surface area contributed by atoms with E-state index in [4.69, 9.17) is 21.1 Å². The first-order chi connectivity index (χ1) is 16.1. The predicted octanol–water partition coefficient (Wildman–Crippen LogP) is 5.46. The lowest BCUT2D eigenvalue weighted by atomic mass is 10.1. The number of carbonyl (C=O) groups excluding carboxylic acids is 1. The van der Waals surface area contributed by atoms with Gasteiger partial charge in [-0.1, -0.05) is 35.9 Å². The molecule has 0 unspecified atom stereocenters. The summed E-state index contributed by atoms with van der Waals surface area (Å²) >= 11 is 5.92. The number of hydrogen-bond donors (Lipinski definition) is 1. The van der Waals surface area contributed by atoms with Crippen LogP contribution in [0.2, 0.25) is 5.02 Å². The Balaban J connectivity index is 1.47. The summed E-state index contributed by atoms with van der Waals surface area (Å²) in [6.45, 7) is 3.13. The number of aryl methyl sites for hydroxylation is 1. The minimum absolute atomic E-state index is 0.258. The molecule has 1 aromatic heterocycles. The zero-order valence-corrected chi connectivity index (χ0v) is 19.0. The maximum atomic E-state index is 12.9. The molecule has 33 heavy (non-hydrogen) atoms. The number of nitrogens with zero attached hydrogens (tertiary/aromatic N) is 3. The monoisotopic (exact) mass is 462 g/mol. The third-order valence-electron chi connectivity index (χ3n) is 5.07. The van der Waals surface area contributed by atoms with Gasteiger partial charge in [-0.15, -0.1) is 10.2 Å². The molecule has 0 radical (unpaired) electrons. The lowest BCUT2D eigenvalue weighted by Gasteiger charge is -2.13. The Hall–Kier alpha value is -3.84. The Labute approximate surface area is 196 Å². The zero-order chi connectivity index (χ0) is 23.2. The number of halogens is 1. The average molecular weight is 463 g/mol. The van der Waals surface area contributed by atoms with E-state index in [1.54, 1.807) is 31.6 Å². The normalized spacial score (nSPS) is 10.6. The van der Waals surface area contributed by atoms with Crippen molar-refractivity contribution < 1.29 is 14.3 Å². The lowest BCUT2D eigenvalue weighted by molar-refractivity contribution is 0.102. The molecule has 4 aromatic rings. The van der Waals surface area contributed by atoms with Crippen molar-refractivity contribution >= 4 is 23.2 Å². The highest BCUT2D eigenvalue weighted by molar-refractivity contribution is 6.30. The SMILES string of the molecule is CCn1cnnc1-c1cccc(NC(=O)c2ccc(OCc3ccc(Cl)cc3)c(OC)c2)c1. The van der Waals surface area contributed by atoms with Gasteiger partial charge in [0.05, 0.1) is 7.11 Å². The molecule has 3 aromatic carbocycles. The van der Waals surface area contributed by atoms with Gasteiger partial charge in [-0.2, -0.15) is 0 Å². The van der Waals surface area contributed by atoms with E-state index >= 15 is 0 Å². The van der Waals surface area contributed by atoms with E-state index in [2.05, 4.69) is 15.5 Å². The number of methoxy groups -OCH3 is 1. The molecule has 0 spiro atoms. The molecule has 0 aliphatic heterocycles. The molecule has 0 fully saturated rings. The predicted molar refractivity (Wildman–Crippen MR) is 128 cm³/mol. The summed E-state index contributed by atoms with van der Waals surface area (Å²) in [6, 6.07) is 20.0. The maximum Gasteiger partial charge on any atom is 0.255 e. The first kappa shape index (κ1) is 22.4. The van der Waals surface area contributed by atoms with Crippen LogP contribution in [-0.2, 0) is 13.2 Å². The van der Waals surface area contributed by atoms with Crippen LogP contribution >= 0.6 is 11.6 Å². The van der Waals surface area contributed by atoms with Crippen molar-refractivity contribution in [2.45, 2.75) is 20.1 Å². The molecule has 0 saturated heterocycles. The third-order valence-corrected chi connectivity index (χ3v) is 5.32. The molecule has 1 amide bonds. The molecule has 0 aliphatic carbocycles. The van der Waals surface area contributed by atoms with Crippen LogP contribution in [0.5, 0.6) is 11.5 Å². The smallest absolute Gasteiger partial charge is 0.255 e. The van der Waals surface area contributed by atoms with E-state index in [9.17, 15) is 4.79 Å². The van der Waals surface area contributed by atoms with Gasteiger partial charge >= 0.3 is 0 Å². The van der Waals surface area contributed by atoms with E-state index in [1.165, 1.54) is 0 Å². The van der Waals surface area contributed by atoms with Crippen LogP contribution in [-0.4, -0.2) is 27.8 Å². The highest BCUT2D eigenvalue weighted by Crippen LogP contribution is 2.29. The highest BCUT2D eigenvalue weighted by atomic mass is 35.5. The van der Waals surface area contributed by atoms with Crippen LogP contribution in [0.25, 0.3) is 11.4 Å². The van der Waals surface area contributed by atoms with Crippen LogP contribution in [0, 0.1) is 0 Å². The quantitative estimate of drug-likeness (QED) is 0.376. The average Bonchev–Trinajstić information content (AvgIpc) is 3.33. The van der Waals surface area contributed by atoms with Gasteiger partial charge in [-0.3, -0.25) is 4.79 Å². The van der Waals surface area contributed by atoms with E-state index in [0.717, 1.165) is 23.5 Å². The van der Waals surface area contributed by atoms with E-state index in [-0.39, 0.29) is 5.91 Å². The summed E-state index contributed by atoms with van der Waals surface area (Å²) in [5, 5.41) is 11.7. The molecule has 4 rings (SSSR count).